The SMILES string of the molecule is OC(Cc1ccn(C2CCCC2)n1)c1ccc(Br)c(Br)c1. The van der Waals surface area contributed by atoms with E-state index in [-0.39, 0.29) is 0 Å². The van der Waals surface area contributed by atoms with Gasteiger partial charge in [-0.3, -0.25) is 4.68 Å². The summed E-state index contributed by atoms with van der Waals surface area (Å²) < 4.78 is 4.02. The van der Waals surface area contributed by atoms with Crippen LogP contribution in [-0.4, -0.2) is 14.9 Å². The van der Waals surface area contributed by atoms with Gasteiger partial charge in [0.2, 0.25) is 0 Å². The van der Waals surface area contributed by atoms with E-state index in [4.69, 9.17) is 0 Å². The first-order chi connectivity index (χ1) is 10.1. The fraction of sp³-hybridized carbons (Fsp3) is 0.438. The Morgan fingerprint density at radius 1 is 1.19 bits per heavy atom. The molecule has 2 aromatic rings. The highest BCUT2D eigenvalue weighted by molar-refractivity contribution is 9.13. The maximum absolute atomic E-state index is 10.4. The van der Waals surface area contributed by atoms with Crippen molar-refractivity contribution in [1.82, 2.24) is 9.78 Å². The third-order valence-electron chi connectivity index (χ3n) is 4.09. The fourth-order valence-corrected chi connectivity index (χ4v) is 3.54. The van der Waals surface area contributed by atoms with Crippen molar-refractivity contribution in [3.05, 3.63) is 50.7 Å². The number of aliphatic hydroxyl groups excluding tert-OH is 1. The molecule has 112 valence electrons. The topological polar surface area (TPSA) is 38.0 Å². The van der Waals surface area contributed by atoms with Gasteiger partial charge >= 0.3 is 0 Å². The number of benzene rings is 1. The van der Waals surface area contributed by atoms with Crippen LogP contribution in [0.4, 0.5) is 0 Å². The molecule has 1 N–H and O–H groups in total. The number of halogens is 2. The van der Waals surface area contributed by atoms with E-state index in [1.807, 2.05) is 24.3 Å². The van der Waals surface area contributed by atoms with Crippen LogP contribution in [0.2, 0.25) is 0 Å². The van der Waals surface area contributed by atoms with Crippen LogP contribution >= 0.6 is 31.9 Å². The second kappa shape index (κ2) is 6.63. The Balaban J connectivity index is 1.69. The first kappa shape index (κ1) is 15.3. The molecule has 0 radical (unpaired) electrons. The summed E-state index contributed by atoms with van der Waals surface area (Å²) in [7, 11) is 0. The van der Waals surface area contributed by atoms with Gasteiger partial charge < -0.3 is 5.11 Å². The smallest absolute Gasteiger partial charge is 0.0846 e. The average Bonchev–Trinajstić information content (AvgIpc) is 3.12. The van der Waals surface area contributed by atoms with E-state index in [1.54, 1.807) is 0 Å². The lowest BCUT2D eigenvalue weighted by atomic mass is 10.1. The van der Waals surface area contributed by atoms with Crippen molar-refractivity contribution in [2.45, 2.75) is 44.2 Å². The molecule has 0 spiro atoms. The predicted octanol–water partition coefficient (Wildman–Crippen LogP) is 4.80. The van der Waals surface area contributed by atoms with Gasteiger partial charge in [-0.05, 0) is 68.5 Å². The van der Waals surface area contributed by atoms with E-state index >= 15 is 0 Å². The Hall–Kier alpha value is -0.650. The molecule has 1 aliphatic carbocycles. The van der Waals surface area contributed by atoms with Gasteiger partial charge in [0.1, 0.15) is 0 Å². The molecule has 1 fully saturated rings. The Kier molecular flexibility index (Phi) is 4.82. The summed E-state index contributed by atoms with van der Waals surface area (Å²) in [6.45, 7) is 0. The maximum Gasteiger partial charge on any atom is 0.0846 e. The Morgan fingerprint density at radius 3 is 2.67 bits per heavy atom. The molecule has 3 rings (SSSR count). The highest BCUT2D eigenvalue weighted by atomic mass is 79.9. The summed E-state index contributed by atoms with van der Waals surface area (Å²) in [6, 6.07) is 8.41. The summed E-state index contributed by atoms with van der Waals surface area (Å²) in [5.74, 6) is 0. The molecule has 1 unspecified atom stereocenters. The summed E-state index contributed by atoms with van der Waals surface area (Å²) in [6.07, 6.45) is 7.13. The maximum atomic E-state index is 10.4. The highest BCUT2D eigenvalue weighted by Crippen LogP contribution is 2.30. The minimum Gasteiger partial charge on any atom is -0.388 e. The molecule has 1 aliphatic rings. The normalized spacial score (nSPS) is 17.3. The number of hydrogen-bond acceptors (Lipinski definition) is 2. The molecule has 0 saturated heterocycles. The minimum atomic E-state index is -0.527. The van der Waals surface area contributed by atoms with Crippen LogP contribution in [0.5, 0.6) is 0 Å². The zero-order valence-corrected chi connectivity index (χ0v) is 14.8. The zero-order valence-electron chi connectivity index (χ0n) is 11.7. The number of aliphatic hydroxyl groups is 1. The van der Waals surface area contributed by atoms with Crippen molar-refractivity contribution in [2.75, 3.05) is 0 Å². The number of rotatable bonds is 4. The van der Waals surface area contributed by atoms with E-state index in [2.05, 4.69) is 47.8 Å². The molecule has 1 saturated carbocycles. The number of aromatic nitrogens is 2. The van der Waals surface area contributed by atoms with E-state index in [0.717, 1.165) is 20.2 Å². The molecule has 5 heteroatoms. The highest BCUT2D eigenvalue weighted by Gasteiger charge is 2.18. The van der Waals surface area contributed by atoms with Gasteiger partial charge in [0.25, 0.3) is 0 Å². The fourth-order valence-electron chi connectivity index (χ4n) is 2.89. The molecular formula is C16H18Br2N2O. The van der Waals surface area contributed by atoms with Crippen molar-refractivity contribution < 1.29 is 5.11 Å². The molecule has 1 atom stereocenters. The second-order valence-corrected chi connectivity index (χ2v) is 7.33. The summed E-state index contributed by atoms with van der Waals surface area (Å²) >= 11 is 6.91. The van der Waals surface area contributed by atoms with Crippen LogP contribution in [-0.2, 0) is 6.42 Å². The monoisotopic (exact) mass is 412 g/mol. The average molecular weight is 414 g/mol. The van der Waals surface area contributed by atoms with E-state index < -0.39 is 6.10 Å². The van der Waals surface area contributed by atoms with Crippen molar-refractivity contribution in [1.29, 1.82) is 0 Å². The van der Waals surface area contributed by atoms with Crippen LogP contribution in [0.3, 0.4) is 0 Å². The predicted molar refractivity (Wildman–Crippen MR) is 90.2 cm³/mol. The molecule has 3 nitrogen and oxygen atoms in total. The molecule has 0 bridgehead atoms. The molecule has 1 heterocycles. The van der Waals surface area contributed by atoms with Crippen molar-refractivity contribution >= 4 is 31.9 Å². The van der Waals surface area contributed by atoms with Crippen LogP contribution in [0, 0.1) is 0 Å². The van der Waals surface area contributed by atoms with Gasteiger partial charge in [0.05, 0.1) is 17.8 Å². The Bertz CT molecular complexity index is 620. The first-order valence-electron chi connectivity index (χ1n) is 7.30. The number of nitrogens with zero attached hydrogens (tertiary/aromatic N) is 2. The third-order valence-corrected chi connectivity index (χ3v) is 5.97. The molecule has 21 heavy (non-hydrogen) atoms. The van der Waals surface area contributed by atoms with Crippen LogP contribution < -0.4 is 0 Å². The van der Waals surface area contributed by atoms with Crippen LogP contribution in [0.1, 0.15) is 49.1 Å². The lowest BCUT2D eigenvalue weighted by molar-refractivity contribution is 0.176. The van der Waals surface area contributed by atoms with Crippen molar-refractivity contribution in [2.24, 2.45) is 0 Å². The molecule has 1 aromatic carbocycles. The summed E-state index contributed by atoms with van der Waals surface area (Å²) in [5, 5.41) is 15.0. The number of hydrogen-bond donors (Lipinski definition) is 1. The van der Waals surface area contributed by atoms with E-state index in [1.165, 1.54) is 25.7 Å². The van der Waals surface area contributed by atoms with Crippen molar-refractivity contribution in [3.63, 3.8) is 0 Å². The van der Waals surface area contributed by atoms with Gasteiger partial charge in [-0.2, -0.15) is 5.10 Å². The molecular weight excluding hydrogens is 396 g/mol. The second-order valence-electron chi connectivity index (χ2n) is 5.62. The van der Waals surface area contributed by atoms with Gasteiger partial charge in [0, 0.05) is 21.6 Å². The largest absolute Gasteiger partial charge is 0.388 e. The zero-order chi connectivity index (χ0) is 14.8. The lowest BCUT2D eigenvalue weighted by Gasteiger charge is -2.11. The van der Waals surface area contributed by atoms with Gasteiger partial charge in [-0.15, -0.1) is 0 Å². The molecule has 0 aliphatic heterocycles. The first-order valence-corrected chi connectivity index (χ1v) is 8.89. The third kappa shape index (κ3) is 3.58. The minimum absolute atomic E-state index is 0.527. The Labute approximate surface area is 141 Å². The summed E-state index contributed by atoms with van der Waals surface area (Å²) in [4.78, 5) is 0. The molecule has 0 amide bonds. The van der Waals surface area contributed by atoms with E-state index in [9.17, 15) is 5.11 Å². The summed E-state index contributed by atoms with van der Waals surface area (Å²) in [5.41, 5.74) is 1.86. The van der Waals surface area contributed by atoms with Gasteiger partial charge in [-0.25, -0.2) is 0 Å². The van der Waals surface area contributed by atoms with Gasteiger partial charge in [-0.1, -0.05) is 18.9 Å². The lowest BCUT2D eigenvalue weighted by Crippen LogP contribution is -2.07. The Morgan fingerprint density at radius 2 is 1.95 bits per heavy atom. The van der Waals surface area contributed by atoms with Gasteiger partial charge in [0.15, 0.2) is 0 Å². The van der Waals surface area contributed by atoms with Crippen LogP contribution in [0.15, 0.2) is 39.4 Å². The molecule has 1 aromatic heterocycles. The quantitative estimate of drug-likeness (QED) is 0.781. The van der Waals surface area contributed by atoms with E-state index in [0.29, 0.717) is 12.5 Å². The van der Waals surface area contributed by atoms with Crippen LogP contribution in [0.25, 0.3) is 0 Å². The van der Waals surface area contributed by atoms with Crippen molar-refractivity contribution in [3.8, 4) is 0 Å². The standard InChI is InChI=1S/C16H18Br2N2O/c17-14-6-5-11(9-15(14)18)16(21)10-12-7-8-20(19-12)13-3-1-2-4-13/h5-9,13,16,21H,1-4,10H2.